The predicted molar refractivity (Wildman–Crippen MR) is 68.8 cm³/mol. The molecule has 0 aliphatic heterocycles. The van der Waals surface area contributed by atoms with Gasteiger partial charge in [-0.3, -0.25) is 0 Å². The fourth-order valence-corrected chi connectivity index (χ4v) is 1.84. The second kappa shape index (κ2) is 6.33. The van der Waals surface area contributed by atoms with Crippen LogP contribution in [0.2, 0.25) is 0 Å². The van der Waals surface area contributed by atoms with E-state index in [0.717, 1.165) is 18.7 Å². The molecule has 1 unspecified atom stereocenters. The second-order valence-electron chi connectivity index (χ2n) is 4.01. The minimum absolute atomic E-state index is 0.290. The molecule has 1 atom stereocenters. The Morgan fingerprint density at radius 2 is 2.12 bits per heavy atom. The number of nitrogens with one attached hydrogen (secondary N) is 1. The zero-order valence-corrected chi connectivity index (χ0v) is 10.4. The van der Waals surface area contributed by atoms with Crippen LogP contribution in [0.25, 0.3) is 0 Å². The Kier molecular flexibility index (Phi) is 5.06. The van der Waals surface area contributed by atoms with Crippen LogP contribution in [-0.2, 0) is 0 Å². The summed E-state index contributed by atoms with van der Waals surface area (Å²) in [5.41, 5.74) is 2.38. The Balaban J connectivity index is 2.94. The number of rotatable bonds is 6. The third kappa shape index (κ3) is 3.38. The monoisotopic (exact) mass is 219 g/mol. The van der Waals surface area contributed by atoms with Crippen LogP contribution in [0.4, 0.5) is 0 Å². The maximum Gasteiger partial charge on any atom is 0.123 e. The summed E-state index contributed by atoms with van der Waals surface area (Å²) in [5.74, 6) is 0.940. The molecule has 0 aliphatic carbocycles. The topological polar surface area (TPSA) is 21.3 Å². The van der Waals surface area contributed by atoms with Crippen molar-refractivity contribution in [1.29, 1.82) is 0 Å². The first-order valence-electron chi connectivity index (χ1n) is 5.69. The van der Waals surface area contributed by atoms with Crippen molar-refractivity contribution < 1.29 is 4.74 Å². The summed E-state index contributed by atoms with van der Waals surface area (Å²) in [5, 5.41) is 3.46. The van der Waals surface area contributed by atoms with E-state index in [0.29, 0.717) is 6.04 Å². The van der Waals surface area contributed by atoms with E-state index in [9.17, 15) is 0 Å². The molecule has 2 nitrogen and oxygen atoms in total. The fraction of sp³-hybridized carbons (Fsp3) is 0.429. The molecule has 0 saturated heterocycles. The summed E-state index contributed by atoms with van der Waals surface area (Å²) in [6, 6.07) is 8.43. The number of hydrogen-bond donors (Lipinski definition) is 1. The average molecular weight is 219 g/mol. The largest absolute Gasteiger partial charge is 0.496 e. The van der Waals surface area contributed by atoms with E-state index in [1.807, 2.05) is 18.2 Å². The summed E-state index contributed by atoms with van der Waals surface area (Å²) < 4.78 is 5.38. The van der Waals surface area contributed by atoms with Gasteiger partial charge in [-0.2, -0.15) is 0 Å². The zero-order chi connectivity index (χ0) is 12.0. The molecule has 0 fully saturated rings. The SMILES string of the molecule is C=C(C)CC(NCC)c1ccccc1OC. The van der Waals surface area contributed by atoms with E-state index in [1.54, 1.807) is 7.11 Å². The minimum atomic E-state index is 0.290. The van der Waals surface area contributed by atoms with E-state index >= 15 is 0 Å². The number of hydrogen-bond acceptors (Lipinski definition) is 2. The molecule has 1 aromatic carbocycles. The van der Waals surface area contributed by atoms with Crippen LogP contribution >= 0.6 is 0 Å². The Hall–Kier alpha value is -1.28. The maximum atomic E-state index is 5.38. The highest BCUT2D eigenvalue weighted by molar-refractivity contribution is 5.36. The van der Waals surface area contributed by atoms with E-state index in [-0.39, 0.29) is 0 Å². The molecule has 0 aromatic heterocycles. The molecule has 1 N–H and O–H groups in total. The van der Waals surface area contributed by atoms with Crippen LogP contribution in [0.5, 0.6) is 5.75 Å². The predicted octanol–water partition coefficient (Wildman–Crippen LogP) is 3.31. The first-order valence-corrected chi connectivity index (χ1v) is 5.69. The lowest BCUT2D eigenvalue weighted by atomic mass is 9.99. The highest BCUT2D eigenvalue weighted by Gasteiger charge is 2.14. The smallest absolute Gasteiger partial charge is 0.123 e. The summed E-state index contributed by atoms with van der Waals surface area (Å²) in [4.78, 5) is 0. The number of para-hydroxylation sites is 1. The van der Waals surface area contributed by atoms with Crippen molar-refractivity contribution in [3.8, 4) is 5.75 Å². The zero-order valence-electron chi connectivity index (χ0n) is 10.4. The molecule has 1 aromatic rings. The van der Waals surface area contributed by atoms with Gasteiger partial charge < -0.3 is 10.1 Å². The second-order valence-corrected chi connectivity index (χ2v) is 4.01. The standard InChI is InChI=1S/C14H21NO/c1-5-15-13(10-11(2)3)12-8-6-7-9-14(12)16-4/h6-9,13,15H,2,5,10H2,1,3-4H3. The van der Waals surface area contributed by atoms with Gasteiger partial charge in [-0.15, -0.1) is 6.58 Å². The average Bonchev–Trinajstić information content (AvgIpc) is 2.28. The van der Waals surface area contributed by atoms with Crippen molar-refractivity contribution in [2.75, 3.05) is 13.7 Å². The quantitative estimate of drug-likeness (QED) is 0.741. The summed E-state index contributed by atoms with van der Waals surface area (Å²) >= 11 is 0. The lowest BCUT2D eigenvalue weighted by Crippen LogP contribution is -2.21. The summed E-state index contributed by atoms with van der Waals surface area (Å²) in [6.45, 7) is 9.09. The van der Waals surface area contributed by atoms with Crippen LogP contribution < -0.4 is 10.1 Å². The van der Waals surface area contributed by atoms with Crippen molar-refractivity contribution in [3.63, 3.8) is 0 Å². The lowest BCUT2D eigenvalue weighted by molar-refractivity contribution is 0.399. The molecule has 0 aliphatic rings. The van der Waals surface area contributed by atoms with Crippen molar-refractivity contribution in [2.45, 2.75) is 26.3 Å². The van der Waals surface area contributed by atoms with Gasteiger partial charge in [0.05, 0.1) is 7.11 Å². The Morgan fingerprint density at radius 3 is 2.69 bits per heavy atom. The number of benzene rings is 1. The lowest BCUT2D eigenvalue weighted by Gasteiger charge is -2.20. The van der Waals surface area contributed by atoms with Gasteiger partial charge in [-0.1, -0.05) is 30.7 Å². The number of ether oxygens (including phenoxy) is 1. The van der Waals surface area contributed by atoms with Crippen LogP contribution in [0.15, 0.2) is 36.4 Å². The van der Waals surface area contributed by atoms with Gasteiger partial charge in [0, 0.05) is 11.6 Å². The maximum absolute atomic E-state index is 5.38. The summed E-state index contributed by atoms with van der Waals surface area (Å²) in [7, 11) is 1.71. The Labute approximate surface area is 98.3 Å². The molecule has 0 radical (unpaired) electrons. The van der Waals surface area contributed by atoms with Crippen LogP contribution in [0, 0.1) is 0 Å². The van der Waals surface area contributed by atoms with Gasteiger partial charge in [0.25, 0.3) is 0 Å². The molecule has 0 spiro atoms. The molecule has 16 heavy (non-hydrogen) atoms. The van der Waals surface area contributed by atoms with Crippen LogP contribution in [0.3, 0.4) is 0 Å². The highest BCUT2D eigenvalue weighted by atomic mass is 16.5. The Morgan fingerprint density at radius 1 is 1.44 bits per heavy atom. The Bertz CT molecular complexity index is 346. The van der Waals surface area contributed by atoms with Gasteiger partial charge in [0.1, 0.15) is 5.75 Å². The van der Waals surface area contributed by atoms with Gasteiger partial charge in [-0.05, 0) is 26.0 Å². The molecule has 0 heterocycles. The van der Waals surface area contributed by atoms with Gasteiger partial charge in [0.2, 0.25) is 0 Å². The third-order valence-corrected chi connectivity index (χ3v) is 2.52. The molecule has 88 valence electrons. The minimum Gasteiger partial charge on any atom is -0.496 e. The van der Waals surface area contributed by atoms with Gasteiger partial charge in [0.15, 0.2) is 0 Å². The molecular weight excluding hydrogens is 198 g/mol. The molecular formula is C14H21NO. The van der Waals surface area contributed by atoms with Crippen LogP contribution in [-0.4, -0.2) is 13.7 Å². The van der Waals surface area contributed by atoms with Crippen LogP contribution in [0.1, 0.15) is 31.9 Å². The van der Waals surface area contributed by atoms with Gasteiger partial charge in [-0.25, -0.2) is 0 Å². The first-order chi connectivity index (χ1) is 7.69. The van der Waals surface area contributed by atoms with E-state index in [2.05, 4.69) is 31.8 Å². The van der Waals surface area contributed by atoms with Crippen molar-refractivity contribution in [2.24, 2.45) is 0 Å². The molecule has 2 heteroatoms. The molecule has 1 rings (SSSR count). The number of methoxy groups -OCH3 is 1. The van der Waals surface area contributed by atoms with Crippen molar-refractivity contribution >= 4 is 0 Å². The molecule has 0 amide bonds. The molecule has 0 saturated carbocycles. The van der Waals surface area contributed by atoms with E-state index in [1.165, 1.54) is 11.1 Å². The summed E-state index contributed by atoms with van der Waals surface area (Å²) in [6.07, 6.45) is 0.939. The van der Waals surface area contributed by atoms with E-state index < -0.39 is 0 Å². The third-order valence-electron chi connectivity index (χ3n) is 2.52. The van der Waals surface area contributed by atoms with Crippen molar-refractivity contribution in [3.05, 3.63) is 42.0 Å². The van der Waals surface area contributed by atoms with E-state index in [4.69, 9.17) is 4.74 Å². The molecule has 0 bridgehead atoms. The first kappa shape index (κ1) is 12.8. The van der Waals surface area contributed by atoms with Crippen molar-refractivity contribution in [1.82, 2.24) is 5.32 Å². The fourth-order valence-electron chi connectivity index (χ4n) is 1.84. The van der Waals surface area contributed by atoms with Gasteiger partial charge >= 0.3 is 0 Å². The normalized spacial score (nSPS) is 12.2. The highest BCUT2D eigenvalue weighted by Crippen LogP contribution is 2.28.